The summed E-state index contributed by atoms with van der Waals surface area (Å²) in [7, 11) is 0. The molecule has 0 N–H and O–H groups in total. The van der Waals surface area contributed by atoms with Crippen LogP contribution in [0.3, 0.4) is 0 Å². The van der Waals surface area contributed by atoms with Gasteiger partial charge in [-0.2, -0.15) is 0 Å². The monoisotopic (exact) mass is 412 g/mol. The van der Waals surface area contributed by atoms with Crippen LogP contribution in [0, 0.1) is 0 Å². The average molecular weight is 414 g/mol. The van der Waals surface area contributed by atoms with Crippen molar-refractivity contribution in [3.63, 3.8) is 0 Å². The molecule has 0 aliphatic carbocycles. The van der Waals surface area contributed by atoms with Crippen molar-refractivity contribution in [3.05, 3.63) is 0 Å². The van der Waals surface area contributed by atoms with Gasteiger partial charge in [-0.3, -0.25) is 9.80 Å². The molecule has 6 heteroatoms. The molecule has 4 nitrogen and oxygen atoms in total. The molecular weight excluding hydrogens is 367 g/mol. The third kappa shape index (κ3) is 8.20. The highest BCUT2D eigenvalue weighted by molar-refractivity contribution is 4.72. The Hall–Kier alpha value is 0.420. The molecule has 1 aliphatic rings. The molecule has 1 fully saturated rings. The fraction of sp³-hybridized carbons (Fsp3) is 1.00. The number of nitrogens with zero attached hydrogens (tertiary/aromatic N) is 4. The minimum atomic E-state index is 0. The third-order valence-electron chi connectivity index (χ3n) is 7.27. The van der Waals surface area contributed by atoms with E-state index in [4.69, 9.17) is 0 Å². The molecule has 1 rings (SSSR count). The van der Waals surface area contributed by atoms with Crippen LogP contribution < -0.4 is 24.8 Å². The van der Waals surface area contributed by atoms with Gasteiger partial charge in [0.1, 0.15) is 0 Å². The number of likely N-dealkylation sites (N-methyl/N-ethyl adjacent to an activating group) is 2. The van der Waals surface area contributed by atoms with Crippen LogP contribution in [0.4, 0.5) is 0 Å². The van der Waals surface area contributed by atoms with Gasteiger partial charge in [0.2, 0.25) is 0 Å². The van der Waals surface area contributed by atoms with E-state index in [0.29, 0.717) is 0 Å². The summed E-state index contributed by atoms with van der Waals surface area (Å²) in [6, 6.07) is 0. The summed E-state index contributed by atoms with van der Waals surface area (Å²) in [4.78, 5) is 5.40. The molecule has 1 heterocycles. The average Bonchev–Trinajstić information content (AvgIpc) is 2.66. The van der Waals surface area contributed by atoms with Crippen LogP contribution in [0.2, 0.25) is 0 Å². The molecule has 26 heavy (non-hydrogen) atoms. The van der Waals surface area contributed by atoms with Gasteiger partial charge in [-0.15, -0.1) is 0 Å². The second-order valence-corrected chi connectivity index (χ2v) is 7.71. The van der Waals surface area contributed by atoms with Crippen molar-refractivity contribution in [2.75, 3.05) is 91.6 Å². The quantitative estimate of drug-likeness (QED) is 0.305. The maximum absolute atomic E-state index is 2.70. The van der Waals surface area contributed by atoms with Gasteiger partial charge < -0.3 is 33.8 Å². The minimum Gasteiger partial charge on any atom is -1.00 e. The summed E-state index contributed by atoms with van der Waals surface area (Å²) in [5, 5.41) is 0. The predicted octanol–water partition coefficient (Wildman–Crippen LogP) is -3.63. The van der Waals surface area contributed by atoms with Crippen LogP contribution in [0.25, 0.3) is 0 Å². The summed E-state index contributed by atoms with van der Waals surface area (Å²) in [5.41, 5.74) is 0. The summed E-state index contributed by atoms with van der Waals surface area (Å²) in [6.45, 7) is 32.0. The maximum atomic E-state index is 2.70. The Morgan fingerprint density at radius 2 is 0.731 bits per heavy atom. The summed E-state index contributed by atoms with van der Waals surface area (Å²) < 4.78 is 2.56. The van der Waals surface area contributed by atoms with E-state index >= 15 is 0 Å². The van der Waals surface area contributed by atoms with E-state index in [1.165, 1.54) is 101 Å². The van der Waals surface area contributed by atoms with Crippen LogP contribution >= 0.6 is 0 Å². The molecule has 0 aromatic heterocycles. The molecule has 0 aromatic rings. The minimum absolute atomic E-state index is 0. The van der Waals surface area contributed by atoms with Crippen molar-refractivity contribution in [1.82, 2.24) is 9.80 Å². The van der Waals surface area contributed by atoms with E-state index in [0.717, 1.165) is 0 Å². The topological polar surface area (TPSA) is 6.48 Å². The lowest BCUT2D eigenvalue weighted by Gasteiger charge is -2.41. The number of rotatable bonds is 12. The number of piperazine rings is 1. The van der Waals surface area contributed by atoms with E-state index in [1.807, 2.05) is 0 Å². The lowest BCUT2D eigenvalue weighted by Crippen LogP contribution is -3.00. The van der Waals surface area contributed by atoms with Crippen molar-refractivity contribution in [2.45, 2.75) is 41.5 Å². The molecule has 0 radical (unpaired) electrons. The van der Waals surface area contributed by atoms with Gasteiger partial charge in [0, 0.05) is 39.3 Å². The van der Waals surface area contributed by atoms with Gasteiger partial charge in [-0.25, -0.2) is 0 Å². The van der Waals surface area contributed by atoms with E-state index in [-0.39, 0.29) is 24.8 Å². The van der Waals surface area contributed by atoms with Crippen LogP contribution in [0.5, 0.6) is 0 Å². The van der Waals surface area contributed by atoms with Crippen LogP contribution in [0.1, 0.15) is 41.5 Å². The number of hydrogen-bond acceptors (Lipinski definition) is 2. The fourth-order valence-electron chi connectivity index (χ4n) is 4.23. The lowest BCUT2D eigenvalue weighted by molar-refractivity contribution is -0.923. The first-order valence-corrected chi connectivity index (χ1v) is 10.7. The Balaban J connectivity index is 0. The zero-order valence-electron chi connectivity index (χ0n) is 18.4. The first-order valence-electron chi connectivity index (χ1n) is 10.7. The van der Waals surface area contributed by atoms with Gasteiger partial charge in [0.05, 0.1) is 52.4 Å². The molecule has 0 bridgehead atoms. The summed E-state index contributed by atoms with van der Waals surface area (Å²) >= 11 is 0. The normalized spacial score (nSPS) is 16.8. The van der Waals surface area contributed by atoms with Crippen molar-refractivity contribution in [3.8, 4) is 0 Å². The SMILES string of the molecule is CC[N+](CC)(CC)CCN1CCN(CC[N+](CC)(CC)CC)CC1.[Cl-].[Cl-]. The first kappa shape index (κ1) is 28.6. The zero-order valence-corrected chi connectivity index (χ0v) is 20.0. The summed E-state index contributed by atoms with van der Waals surface area (Å²) in [5.74, 6) is 0. The number of hydrogen-bond donors (Lipinski definition) is 0. The third-order valence-corrected chi connectivity index (χ3v) is 7.27. The van der Waals surface area contributed by atoms with Crippen LogP contribution in [-0.2, 0) is 0 Å². The van der Waals surface area contributed by atoms with E-state index < -0.39 is 0 Å². The Labute approximate surface area is 176 Å². The number of halogens is 2. The van der Waals surface area contributed by atoms with Crippen LogP contribution in [0.15, 0.2) is 0 Å². The molecule has 160 valence electrons. The predicted molar refractivity (Wildman–Crippen MR) is 106 cm³/mol. The maximum Gasteiger partial charge on any atom is 0.0915 e. The van der Waals surface area contributed by atoms with Gasteiger partial charge in [-0.1, -0.05) is 0 Å². The second-order valence-electron chi connectivity index (χ2n) is 7.71. The lowest BCUT2D eigenvalue weighted by atomic mass is 10.2. The van der Waals surface area contributed by atoms with Gasteiger partial charge in [0.15, 0.2) is 0 Å². The van der Waals surface area contributed by atoms with E-state index in [1.54, 1.807) is 0 Å². The van der Waals surface area contributed by atoms with Crippen molar-refractivity contribution < 1.29 is 33.8 Å². The molecule has 1 saturated heterocycles. The zero-order chi connectivity index (χ0) is 18.1. The molecule has 0 aromatic carbocycles. The molecule has 0 unspecified atom stereocenters. The molecular formula is C20H46Cl2N4. The Morgan fingerprint density at radius 3 is 0.923 bits per heavy atom. The Morgan fingerprint density at radius 1 is 0.500 bits per heavy atom. The smallest absolute Gasteiger partial charge is 0.0915 e. The fourth-order valence-corrected chi connectivity index (χ4v) is 4.23. The van der Waals surface area contributed by atoms with Crippen LogP contribution in [-0.4, -0.2) is 110 Å². The molecule has 0 amide bonds. The highest BCUT2D eigenvalue weighted by atomic mass is 35.5. The molecule has 1 aliphatic heterocycles. The summed E-state index contributed by atoms with van der Waals surface area (Å²) in [6.07, 6.45) is 0. The Kier molecular flexibility index (Phi) is 15.9. The van der Waals surface area contributed by atoms with E-state index in [2.05, 4.69) is 51.3 Å². The highest BCUT2D eigenvalue weighted by Gasteiger charge is 2.26. The Bertz CT molecular complexity index is 277. The first-order chi connectivity index (χ1) is 11.5. The standard InChI is InChI=1S/C20H46N4.2ClH/c1-7-23(8-2,9-3)19-17-21-13-15-22(16-14-21)18-20-24(10-4,11-5)12-6;;/h7-20H2,1-6H3;2*1H/q+2;;/p-2. The van der Waals surface area contributed by atoms with Crippen molar-refractivity contribution >= 4 is 0 Å². The van der Waals surface area contributed by atoms with Gasteiger partial charge >= 0.3 is 0 Å². The molecule has 0 atom stereocenters. The van der Waals surface area contributed by atoms with Gasteiger partial charge in [-0.05, 0) is 41.5 Å². The molecule has 0 spiro atoms. The van der Waals surface area contributed by atoms with E-state index in [9.17, 15) is 0 Å². The largest absolute Gasteiger partial charge is 1.00 e. The van der Waals surface area contributed by atoms with Gasteiger partial charge in [0.25, 0.3) is 0 Å². The second kappa shape index (κ2) is 14.4. The molecule has 0 saturated carbocycles. The highest BCUT2D eigenvalue weighted by Crippen LogP contribution is 2.10. The number of quaternary nitrogens is 2. The van der Waals surface area contributed by atoms with Crippen molar-refractivity contribution in [1.29, 1.82) is 0 Å². The van der Waals surface area contributed by atoms with Crippen molar-refractivity contribution in [2.24, 2.45) is 0 Å².